The molecule has 2 aromatic rings. The van der Waals surface area contributed by atoms with Crippen molar-refractivity contribution in [2.75, 3.05) is 18.5 Å². The van der Waals surface area contributed by atoms with E-state index < -0.39 is 47.4 Å². The number of carbonyl (C=O) groups is 3. The molecular formula is C21H24F2N6O4S. The van der Waals surface area contributed by atoms with E-state index in [0.29, 0.717) is 10.6 Å². The number of morpholine rings is 1. The number of rotatable bonds is 3. The second-order valence-corrected chi connectivity index (χ2v) is 9.68. The standard InChI is InChI=1S/C21H24F2N6O4S/c1-9-7-29-17-12(5-13(15(22)16(17)23)18-27-26-11(3)34-18)6-14(21(29,24)10(2)33-9)19(31)28(4)20(32)25-8-30/h5,8-10,14H,6-7,24H2,1-4H3,(H,25,30,32)/t9?,10?,14-,21?/m1/s1. The van der Waals surface area contributed by atoms with Gasteiger partial charge in [0.1, 0.15) is 10.7 Å². The molecule has 1 aromatic heterocycles. The minimum Gasteiger partial charge on any atom is -0.370 e. The molecule has 10 nitrogen and oxygen atoms in total. The van der Waals surface area contributed by atoms with Crippen molar-refractivity contribution in [1.29, 1.82) is 0 Å². The van der Waals surface area contributed by atoms with Crippen molar-refractivity contribution in [3.63, 3.8) is 0 Å². The highest BCUT2D eigenvalue weighted by atomic mass is 32.1. The Morgan fingerprint density at radius 1 is 1.35 bits per heavy atom. The molecule has 1 aromatic carbocycles. The van der Waals surface area contributed by atoms with Crippen LogP contribution in [0.3, 0.4) is 0 Å². The van der Waals surface area contributed by atoms with E-state index in [1.54, 1.807) is 20.8 Å². The lowest BCUT2D eigenvalue weighted by atomic mass is 9.75. The molecule has 3 heterocycles. The highest BCUT2D eigenvalue weighted by Gasteiger charge is 2.57. The van der Waals surface area contributed by atoms with E-state index in [1.807, 2.05) is 5.32 Å². The van der Waals surface area contributed by atoms with Crippen molar-refractivity contribution < 1.29 is 27.9 Å². The van der Waals surface area contributed by atoms with E-state index in [4.69, 9.17) is 10.5 Å². The van der Waals surface area contributed by atoms with Gasteiger partial charge in [0.15, 0.2) is 16.6 Å². The molecule has 13 heteroatoms. The van der Waals surface area contributed by atoms with Gasteiger partial charge in [0.25, 0.3) is 0 Å². The zero-order valence-electron chi connectivity index (χ0n) is 19.0. The number of fused-ring (bicyclic) bond motifs is 3. The maximum atomic E-state index is 15.6. The first kappa shape index (κ1) is 24.1. The summed E-state index contributed by atoms with van der Waals surface area (Å²) in [4.78, 5) is 38.5. The molecule has 3 unspecified atom stereocenters. The first-order chi connectivity index (χ1) is 16.0. The van der Waals surface area contributed by atoms with Gasteiger partial charge in [0.2, 0.25) is 12.3 Å². The SMILES string of the molecule is Cc1nnc(-c2cc3c(c(F)c2F)N2CC(C)OC(C)C2(N)[C@@H](C(=O)N(C)C(=O)NC=O)C3)s1. The van der Waals surface area contributed by atoms with Crippen LogP contribution in [0.25, 0.3) is 10.6 Å². The third-order valence-corrected chi connectivity index (χ3v) is 7.25. The summed E-state index contributed by atoms with van der Waals surface area (Å²) in [5.74, 6) is -3.95. The number of aromatic nitrogens is 2. The van der Waals surface area contributed by atoms with Crippen LogP contribution >= 0.6 is 11.3 Å². The van der Waals surface area contributed by atoms with Gasteiger partial charge in [-0.15, -0.1) is 10.2 Å². The monoisotopic (exact) mass is 494 g/mol. The van der Waals surface area contributed by atoms with E-state index in [0.717, 1.165) is 16.2 Å². The summed E-state index contributed by atoms with van der Waals surface area (Å²) in [6, 6.07) is 0.512. The van der Waals surface area contributed by atoms with Gasteiger partial charge in [-0.1, -0.05) is 11.3 Å². The van der Waals surface area contributed by atoms with Gasteiger partial charge in [-0.3, -0.25) is 19.8 Å². The molecule has 1 fully saturated rings. The lowest BCUT2D eigenvalue weighted by Gasteiger charge is -2.57. The molecule has 4 rings (SSSR count). The topological polar surface area (TPSA) is 131 Å². The molecule has 0 radical (unpaired) electrons. The summed E-state index contributed by atoms with van der Waals surface area (Å²) < 4.78 is 36.7. The molecule has 2 aliphatic rings. The summed E-state index contributed by atoms with van der Waals surface area (Å²) in [6.45, 7) is 5.20. The van der Waals surface area contributed by atoms with Crippen LogP contribution in [0.15, 0.2) is 6.07 Å². The van der Waals surface area contributed by atoms with Crippen LogP contribution in [0.2, 0.25) is 0 Å². The number of carbonyl (C=O) groups excluding carboxylic acids is 3. The third kappa shape index (κ3) is 3.63. The zero-order valence-corrected chi connectivity index (χ0v) is 19.8. The number of aryl methyl sites for hydroxylation is 1. The van der Waals surface area contributed by atoms with Gasteiger partial charge in [-0.05, 0) is 38.8 Å². The Labute approximate surface area is 198 Å². The molecular weight excluding hydrogens is 470 g/mol. The number of nitrogens with two attached hydrogens (primary N) is 1. The van der Waals surface area contributed by atoms with Gasteiger partial charge < -0.3 is 15.4 Å². The fourth-order valence-corrected chi connectivity index (χ4v) is 5.42. The zero-order chi connectivity index (χ0) is 24.9. The largest absolute Gasteiger partial charge is 0.370 e. The fourth-order valence-electron chi connectivity index (χ4n) is 4.72. The second-order valence-electron chi connectivity index (χ2n) is 8.49. The Morgan fingerprint density at radius 3 is 2.68 bits per heavy atom. The summed E-state index contributed by atoms with van der Waals surface area (Å²) in [5.41, 5.74) is 5.40. The van der Waals surface area contributed by atoms with Crippen LogP contribution in [0.1, 0.15) is 24.4 Å². The smallest absolute Gasteiger partial charge is 0.330 e. The van der Waals surface area contributed by atoms with E-state index >= 15 is 8.78 Å². The molecule has 0 spiro atoms. The van der Waals surface area contributed by atoms with Crippen LogP contribution in [0.4, 0.5) is 19.3 Å². The Bertz CT molecular complexity index is 1180. The minimum absolute atomic E-state index is 0.0453. The number of hydrogen-bond acceptors (Lipinski definition) is 9. The van der Waals surface area contributed by atoms with Crippen molar-refractivity contribution in [3.05, 3.63) is 28.3 Å². The van der Waals surface area contributed by atoms with Gasteiger partial charge in [0.05, 0.1) is 29.4 Å². The number of nitrogens with zero attached hydrogens (tertiary/aromatic N) is 4. The van der Waals surface area contributed by atoms with E-state index in [2.05, 4.69) is 10.2 Å². The van der Waals surface area contributed by atoms with Crippen LogP contribution < -0.4 is 16.0 Å². The van der Waals surface area contributed by atoms with Gasteiger partial charge >= 0.3 is 6.03 Å². The molecule has 1 saturated heterocycles. The van der Waals surface area contributed by atoms with Crippen molar-refractivity contribution in [3.8, 4) is 10.6 Å². The van der Waals surface area contributed by atoms with E-state index in [9.17, 15) is 14.4 Å². The Balaban J connectivity index is 1.88. The van der Waals surface area contributed by atoms with E-state index in [1.165, 1.54) is 18.0 Å². The van der Waals surface area contributed by atoms with Gasteiger partial charge in [-0.25, -0.2) is 13.6 Å². The highest BCUT2D eigenvalue weighted by molar-refractivity contribution is 7.14. The van der Waals surface area contributed by atoms with Crippen molar-refractivity contribution in [2.45, 2.75) is 45.1 Å². The summed E-state index contributed by atoms with van der Waals surface area (Å²) in [6.07, 6.45) is -1.09. The normalized spacial score (nSPS) is 25.9. The van der Waals surface area contributed by atoms with Gasteiger partial charge in [-0.2, -0.15) is 0 Å². The van der Waals surface area contributed by atoms with Crippen molar-refractivity contribution >= 4 is 35.4 Å². The number of ether oxygens (including phenoxy) is 1. The maximum absolute atomic E-state index is 15.6. The number of hydrogen-bond donors (Lipinski definition) is 2. The summed E-state index contributed by atoms with van der Waals surface area (Å²) in [7, 11) is 1.21. The molecule has 0 aliphatic carbocycles. The Morgan fingerprint density at radius 2 is 2.06 bits per heavy atom. The third-order valence-electron chi connectivity index (χ3n) is 6.38. The van der Waals surface area contributed by atoms with Gasteiger partial charge in [0, 0.05) is 13.6 Å². The second kappa shape index (κ2) is 8.64. The predicted molar refractivity (Wildman–Crippen MR) is 119 cm³/mol. The Hall–Kier alpha value is -3.03. The number of imide groups is 2. The molecule has 0 bridgehead atoms. The minimum atomic E-state index is -1.58. The number of amides is 4. The fraction of sp³-hybridized carbons (Fsp3) is 0.476. The number of urea groups is 1. The molecule has 4 amide bonds. The van der Waals surface area contributed by atoms with Crippen LogP contribution in [-0.2, 0) is 20.7 Å². The van der Waals surface area contributed by atoms with Crippen LogP contribution in [0.5, 0.6) is 0 Å². The molecule has 182 valence electrons. The first-order valence-electron chi connectivity index (χ1n) is 10.6. The number of anilines is 1. The Kier molecular flexibility index (Phi) is 6.12. The molecule has 2 aliphatic heterocycles. The van der Waals surface area contributed by atoms with Crippen LogP contribution in [-0.4, -0.2) is 64.9 Å². The summed E-state index contributed by atoms with van der Waals surface area (Å²) >= 11 is 1.11. The quantitative estimate of drug-likeness (QED) is 0.615. The molecule has 0 saturated carbocycles. The lowest BCUT2D eigenvalue weighted by molar-refractivity contribution is -0.142. The average Bonchev–Trinajstić information content (AvgIpc) is 3.22. The molecule has 3 N–H and O–H groups in total. The highest BCUT2D eigenvalue weighted by Crippen LogP contribution is 2.47. The lowest BCUT2D eigenvalue weighted by Crippen LogP contribution is -2.76. The number of benzene rings is 1. The summed E-state index contributed by atoms with van der Waals surface area (Å²) in [5, 5.41) is 10.5. The average molecular weight is 495 g/mol. The maximum Gasteiger partial charge on any atom is 0.330 e. The molecule has 34 heavy (non-hydrogen) atoms. The van der Waals surface area contributed by atoms with E-state index in [-0.39, 0.29) is 35.6 Å². The molecule has 4 atom stereocenters. The number of halogens is 2. The number of nitrogens with one attached hydrogen (secondary N) is 1. The van der Waals surface area contributed by atoms with Crippen LogP contribution in [0, 0.1) is 24.5 Å². The predicted octanol–water partition coefficient (Wildman–Crippen LogP) is 1.56. The van der Waals surface area contributed by atoms with Crippen molar-refractivity contribution in [2.24, 2.45) is 11.7 Å². The first-order valence-corrected chi connectivity index (χ1v) is 11.4. The van der Waals surface area contributed by atoms with Crippen molar-refractivity contribution in [1.82, 2.24) is 20.4 Å².